The van der Waals surface area contributed by atoms with Crippen LogP contribution in [0.1, 0.15) is 37.7 Å². The molecule has 1 aliphatic heterocycles. The average molecular weight is 318 g/mol. The Labute approximate surface area is 138 Å². The van der Waals surface area contributed by atoms with Crippen LogP contribution in [-0.2, 0) is 11.2 Å². The van der Waals surface area contributed by atoms with Crippen LogP contribution in [0.5, 0.6) is 0 Å². The van der Waals surface area contributed by atoms with Gasteiger partial charge in [0.25, 0.3) is 0 Å². The first kappa shape index (κ1) is 16.4. The molecule has 0 unspecified atom stereocenters. The van der Waals surface area contributed by atoms with Gasteiger partial charge in [-0.3, -0.25) is 4.79 Å². The van der Waals surface area contributed by atoms with Crippen LogP contribution in [0.3, 0.4) is 0 Å². The van der Waals surface area contributed by atoms with Gasteiger partial charge >= 0.3 is 0 Å². The second-order valence-electron chi connectivity index (χ2n) is 7.36. The van der Waals surface area contributed by atoms with E-state index in [-0.39, 0.29) is 11.7 Å². The van der Waals surface area contributed by atoms with Gasteiger partial charge in [-0.05, 0) is 69.8 Å². The fraction of sp³-hybridized carbons (Fsp3) is 0.632. The minimum absolute atomic E-state index is 0.126. The topological polar surface area (TPSA) is 32.3 Å². The van der Waals surface area contributed by atoms with Gasteiger partial charge in [0.1, 0.15) is 5.82 Å². The summed E-state index contributed by atoms with van der Waals surface area (Å²) in [6.07, 6.45) is 5.84. The van der Waals surface area contributed by atoms with Crippen LogP contribution in [0.15, 0.2) is 24.3 Å². The summed E-state index contributed by atoms with van der Waals surface area (Å²) in [6, 6.07) is 6.86. The minimum Gasteiger partial charge on any atom is -0.355 e. The molecule has 1 heterocycles. The second-order valence-corrected chi connectivity index (χ2v) is 7.36. The number of hydrogen-bond acceptors (Lipinski definition) is 2. The normalized spacial score (nSPS) is 21.7. The third-order valence-electron chi connectivity index (χ3n) is 5.69. The molecule has 1 aliphatic carbocycles. The SMILES string of the molecule is CN1CCC(Cc2ccccc2F)(C(=O)NCC2CCC2)CC1. The maximum Gasteiger partial charge on any atom is 0.226 e. The van der Waals surface area contributed by atoms with Crippen molar-refractivity contribution in [2.24, 2.45) is 11.3 Å². The highest BCUT2D eigenvalue weighted by Gasteiger charge is 2.41. The lowest BCUT2D eigenvalue weighted by atomic mass is 9.72. The largest absolute Gasteiger partial charge is 0.355 e. The number of likely N-dealkylation sites (tertiary alicyclic amines) is 1. The van der Waals surface area contributed by atoms with Crippen molar-refractivity contribution in [1.82, 2.24) is 10.2 Å². The molecule has 1 N–H and O–H groups in total. The fourth-order valence-electron chi connectivity index (χ4n) is 3.66. The van der Waals surface area contributed by atoms with Crippen LogP contribution in [0.2, 0.25) is 0 Å². The molecule has 3 rings (SSSR count). The lowest BCUT2D eigenvalue weighted by Gasteiger charge is -2.40. The summed E-state index contributed by atoms with van der Waals surface area (Å²) in [7, 11) is 2.08. The Kier molecular flexibility index (Phi) is 5.00. The van der Waals surface area contributed by atoms with Gasteiger partial charge < -0.3 is 10.2 Å². The molecule has 3 nitrogen and oxygen atoms in total. The molecule has 1 saturated heterocycles. The van der Waals surface area contributed by atoms with E-state index in [4.69, 9.17) is 0 Å². The second kappa shape index (κ2) is 7.00. The molecule has 0 aromatic heterocycles. The number of amides is 1. The summed E-state index contributed by atoms with van der Waals surface area (Å²) in [4.78, 5) is 15.2. The molecule has 1 aromatic rings. The number of nitrogens with one attached hydrogen (secondary N) is 1. The number of piperidine rings is 1. The van der Waals surface area contributed by atoms with Crippen LogP contribution in [0.25, 0.3) is 0 Å². The van der Waals surface area contributed by atoms with Crippen molar-refractivity contribution in [2.75, 3.05) is 26.7 Å². The van der Waals surface area contributed by atoms with Crippen LogP contribution >= 0.6 is 0 Å². The molecule has 23 heavy (non-hydrogen) atoms. The van der Waals surface area contributed by atoms with Gasteiger partial charge in [-0.1, -0.05) is 24.6 Å². The molecule has 0 bridgehead atoms. The van der Waals surface area contributed by atoms with Gasteiger partial charge in [-0.15, -0.1) is 0 Å². The van der Waals surface area contributed by atoms with Gasteiger partial charge in [0.15, 0.2) is 0 Å². The molecule has 2 aliphatic rings. The monoisotopic (exact) mass is 318 g/mol. The molecule has 0 radical (unpaired) electrons. The lowest BCUT2D eigenvalue weighted by molar-refractivity contribution is -0.134. The highest BCUT2D eigenvalue weighted by molar-refractivity contribution is 5.83. The predicted octanol–water partition coefficient (Wildman–Crippen LogP) is 3.00. The van der Waals surface area contributed by atoms with Crippen molar-refractivity contribution in [3.63, 3.8) is 0 Å². The van der Waals surface area contributed by atoms with Gasteiger partial charge in [-0.25, -0.2) is 4.39 Å². The molecule has 126 valence electrons. The number of benzene rings is 1. The van der Waals surface area contributed by atoms with E-state index in [0.29, 0.717) is 17.9 Å². The summed E-state index contributed by atoms with van der Waals surface area (Å²) >= 11 is 0. The number of carbonyl (C=O) groups is 1. The molecule has 1 saturated carbocycles. The van der Waals surface area contributed by atoms with Crippen LogP contribution in [-0.4, -0.2) is 37.5 Å². The molecule has 1 amide bonds. The number of rotatable bonds is 5. The summed E-state index contributed by atoms with van der Waals surface area (Å²) in [5.74, 6) is 0.578. The third kappa shape index (κ3) is 3.74. The Bertz CT molecular complexity index is 548. The van der Waals surface area contributed by atoms with Crippen molar-refractivity contribution >= 4 is 5.91 Å². The van der Waals surface area contributed by atoms with E-state index in [9.17, 15) is 9.18 Å². The number of nitrogens with zero attached hydrogens (tertiary/aromatic N) is 1. The van der Waals surface area contributed by atoms with Gasteiger partial charge in [0.2, 0.25) is 5.91 Å². The minimum atomic E-state index is -0.460. The van der Waals surface area contributed by atoms with E-state index >= 15 is 0 Å². The quantitative estimate of drug-likeness (QED) is 0.905. The van der Waals surface area contributed by atoms with Crippen LogP contribution in [0, 0.1) is 17.2 Å². The summed E-state index contributed by atoms with van der Waals surface area (Å²) in [5.41, 5.74) is 0.203. The van der Waals surface area contributed by atoms with E-state index in [1.165, 1.54) is 25.3 Å². The average Bonchev–Trinajstić information content (AvgIpc) is 2.50. The third-order valence-corrected chi connectivity index (χ3v) is 5.69. The smallest absolute Gasteiger partial charge is 0.226 e. The Balaban J connectivity index is 1.73. The summed E-state index contributed by atoms with van der Waals surface area (Å²) in [5, 5.41) is 3.17. The highest BCUT2D eigenvalue weighted by Crippen LogP contribution is 2.36. The Morgan fingerprint density at radius 3 is 2.61 bits per heavy atom. The zero-order valence-electron chi connectivity index (χ0n) is 14.0. The standard InChI is InChI=1S/C19H27FN2O/c1-22-11-9-19(10-12-22,13-16-7-2-3-8-17(16)20)18(23)21-14-15-5-4-6-15/h2-3,7-8,15H,4-6,9-14H2,1H3,(H,21,23). The first-order valence-corrected chi connectivity index (χ1v) is 8.79. The van der Waals surface area contributed by atoms with Gasteiger partial charge in [0, 0.05) is 6.54 Å². The molecular weight excluding hydrogens is 291 g/mol. The van der Waals surface area contributed by atoms with Crippen molar-refractivity contribution in [2.45, 2.75) is 38.5 Å². The molecule has 4 heteroatoms. The van der Waals surface area contributed by atoms with Crippen molar-refractivity contribution in [3.8, 4) is 0 Å². The van der Waals surface area contributed by atoms with E-state index < -0.39 is 5.41 Å². The van der Waals surface area contributed by atoms with E-state index in [0.717, 1.165) is 32.5 Å². The van der Waals surface area contributed by atoms with Gasteiger partial charge in [0.05, 0.1) is 5.41 Å². The molecule has 1 aromatic carbocycles. The van der Waals surface area contributed by atoms with Crippen molar-refractivity contribution in [3.05, 3.63) is 35.6 Å². The fourth-order valence-corrected chi connectivity index (χ4v) is 3.66. The van der Waals surface area contributed by atoms with Crippen molar-refractivity contribution < 1.29 is 9.18 Å². The van der Waals surface area contributed by atoms with Crippen LogP contribution < -0.4 is 5.32 Å². The molecular formula is C19H27FN2O. The van der Waals surface area contributed by atoms with E-state index in [2.05, 4.69) is 17.3 Å². The highest BCUT2D eigenvalue weighted by atomic mass is 19.1. The zero-order valence-corrected chi connectivity index (χ0v) is 14.0. The Morgan fingerprint density at radius 2 is 2.00 bits per heavy atom. The predicted molar refractivity (Wildman–Crippen MR) is 89.6 cm³/mol. The van der Waals surface area contributed by atoms with Crippen molar-refractivity contribution in [1.29, 1.82) is 0 Å². The first-order valence-electron chi connectivity index (χ1n) is 8.79. The molecule has 2 fully saturated rings. The number of carbonyl (C=O) groups excluding carboxylic acids is 1. The summed E-state index contributed by atoms with van der Waals surface area (Å²) in [6.45, 7) is 2.57. The Morgan fingerprint density at radius 1 is 1.30 bits per heavy atom. The molecule has 0 spiro atoms. The number of hydrogen-bond donors (Lipinski definition) is 1. The zero-order chi connectivity index (χ0) is 16.3. The maximum absolute atomic E-state index is 14.1. The molecule has 0 atom stereocenters. The van der Waals surface area contributed by atoms with E-state index in [1.807, 2.05) is 12.1 Å². The van der Waals surface area contributed by atoms with E-state index in [1.54, 1.807) is 6.07 Å². The van der Waals surface area contributed by atoms with Crippen LogP contribution in [0.4, 0.5) is 4.39 Å². The maximum atomic E-state index is 14.1. The Hall–Kier alpha value is -1.42. The number of halogens is 1. The first-order chi connectivity index (χ1) is 11.1. The lowest BCUT2D eigenvalue weighted by Crippen LogP contribution is -2.50. The van der Waals surface area contributed by atoms with Gasteiger partial charge in [-0.2, -0.15) is 0 Å². The summed E-state index contributed by atoms with van der Waals surface area (Å²) < 4.78 is 14.1.